The highest BCUT2D eigenvalue weighted by atomic mass is 32.2. The third kappa shape index (κ3) is 4.45. The molecule has 1 heterocycles. The Morgan fingerprint density at radius 1 is 0.906 bits per heavy atom. The maximum Gasteiger partial charge on any atom is 0.265 e. The highest BCUT2D eigenvalue weighted by Gasteiger charge is 2.21. The van der Waals surface area contributed by atoms with Gasteiger partial charge < -0.3 is 13.9 Å². The largest absolute Gasteiger partial charge is 0.497 e. The van der Waals surface area contributed by atoms with Crippen molar-refractivity contribution in [3.05, 3.63) is 78.6 Å². The second-order valence-electron chi connectivity index (χ2n) is 7.11. The summed E-state index contributed by atoms with van der Waals surface area (Å²) in [6.45, 7) is 2.02. The Hall–Kier alpha value is -3.78. The zero-order valence-corrected chi connectivity index (χ0v) is 18.6. The molecule has 0 bridgehead atoms. The molecule has 0 amide bonds. The number of benzene rings is 3. The van der Waals surface area contributed by atoms with Crippen molar-refractivity contribution in [3.63, 3.8) is 0 Å². The van der Waals surface area contributed by atoms with Crippen LogP contribution in [0.4, 0.5) is 5.69 Å². The molecule has 0 saturated carbocycles. The van der Waals surface area contributed by atoms with E-state index in [0.29, 0.717) is 28.6 Å². The van der Waals surface area contributed by atoms with Gasteiger partial charge in [0.05, 0.1) is 14.2 Å². The molecular formula is C24H22N2O5S. The topological polar surface area (TPSA) is 90.7 Å². The number of methoxy groups -OCH3 is 2. The average Bonchev–Trinajstić information content (AvgIpc) is 3.29. The van der Waals surface area contributed by atoms with Crippen LogP contribution in [0.15, 0.2) is 82.3 Å². The zero-order chi connectivity index (χ0) is 22.7. The molecule has 164 valence electrons. The van der Waals surface area contributed by atoms with Crippen LogP contribution in [-0.4, -0.2) is 27.6 Å². The lowest BCUT2D eigenvalue weighted by Gasteiger charge is -2.13. The Kier molecular flexibility index (Phi) is 5.87. The van der Waals surface area contributed by atoms with Gasteiger partial charge in [0, 0.05) is 22.9 Å². The highest BCUT2D eigenvalue weighted by molar-refractivity contribution is 7.92. The summed E-state index contributed by atoms with van der Waals surface area (Å²) in [5.74, 6) is 1.01. The fraction of sp³-hybridized carbons (Fsp3) is 0.125. The fourth-order valence-electron chi connectivity index (χ4n) is 3.18. The van der Waals surface area contributed by atoms with E-state index in [1.54, 1.807) is 42.7 Å². The van der Waals surface area contributed by atoms with Crippen LogP contribution < -0.4 is 14.2 Å². The Morgan fingerprint density at radius 2 is 1.69 bits per heavy atom. The number of aromatic nitrogens is 1. The van der Waals surface area contributed by atoms with Crippen LogP contribution in [0.1, 0.15) is 5.56 Å². The van der Waals surface area contributed by atoms with E-state index in [2.05, 4.69) is 9.71 Å². The molecule has 4 aromatic rings. The molecule has 3 aromatic carbocycles. The Morgan fingerprint density at radius 3 is 2.41 bits per heavy atom. The number of hydrogen-bond acceptors (Lipinski definition) is 6. The standard InChI is InChI=1S/C24H22N2O5S/c1-16-7-9-17(10-8-16)21-15-31-24(25-21)18-5-4-6-19(13-18)26-32(27,28)23-14-20(29-2)11-12-22(23)30-3/h4-15,26H,1-3H3. The lowest BCUT2D eigenvalue weighted by atomic mass is 10.1. The first-order valence-electron chi connectivity index (χ1n) is 9.77. The minimum atomic E-state index is -3.94. The SMILES string of the molecule is COc1ccc(OC)c(S(=O)(=O)Nc2cccc(-c3nc(-c4ccc(C)cc4)co3)c2)c1. The smallest absolute Gasteiger partial charge is 0.265 e. The summed E-state index contributed by atoms with van der Waals surface area (Å²) in [6.07, 6.45) is 1.58. The van der Waals surface area contributed by atoms with Crippen molar-refractivity contribution in [2.24, 2.45) is 0 Å². The molecule has 0 unspecified atom stereocenters. The van der Waals surface area contributed by atoms with E-state index in [1.807, 2.05) is 31.2 Å². The maximum absolute atomic E-state index is 13.0. The number of ether oxygens (including phenoxy) is 2. The second-order valence-corrected chi connectivity index (χ2v) is 8.76. The van der Waals surface area contributed by atoms with Gasteiger partial charge in [-0.1, -0.05) is 35.9 Å². The van der Waals surface area contributed by atoms with Crippen LogP contribution in [0.5, 0.6) is 11.5 Å². The molecule has 32 heavy (non-hydrogen) atoms. The quantitative estimate of drug-likeness (QED) is 0.419. The number of sulfonamides is 1. The Balaban J connectivity index is 1.62. The number of nitrogens with zero attached hydrogens (tertiary/aromatic N) is 1. The van der Waals surface area contributed by atoms with E-state index >= 15 is 0 Å². The first-order valence-corrected chi connectivity index (χ1v) is 11.3. The Labute approximate surface area is 186 Å². The molecule has 0 spiro atoms. The van der Waals surface area contributed by atoms with Gasteiger partial charge in [-0.25, -0.2) is 13.4 Å². The average molecular weight is 451 g/mol. The van der Waals surface area contributed by atoms with E-state index in [9.17, 15) is 8.42 Å². The summed E-state index contributed by atoms with van der Waals surface area (Å²) in [6, 6.07) is 19.4. The summed E-state index contributed by atoms with van der Waals surface area (Å²) in [7, 11) is -1.05. The maximum atomic E-state index is 13.0. The van der Waals surface area contributed by atoms with Crippen molar-refractivity contribution in [1.82, 2.24) is 4.98 Å². The number of hydrogen-bond donors (Lipinski definition) is 1. The molecule has 0 fully saturated rings. The molecule has 7 nitrogen and oxygen atoms in total. The predicted molar refractivity (Wildman–Crippen MR) is 122 cm³/mol. The fourth-order valence-corrected chi connectivity index (χ4v) is 4.42. The molecule has 0 aliphatic rings. The summed E-state index contributed by atoms with van der Waals surface area (Å²) in [4.78, 5) is 4.52. The molecule has 0 saturated heterocycles. The van der Waals surface area contributed by atoms with Crippen LogP contribution in [0.2, 0.25) is 0 Å². The number of nitrogens with one attached hydrogen (secondary N) is 1. The molecule has 0 aliphatic carbocycles. The molecular weight excluding hydrogens is 428 g/mol. The zero-order valence-electron chi connectivity index (χ0n) is 17.8. The monoisotopic (exact) mass is 450 g/mol. The molecule has 0 radical (unpaired) electrons. The van der Waals surface area contributed by atoms with E-state index in [1.165, 1.54) is 20.3 Å². The van der Waals surface area contributed by atoms with Gasteiger partial charge in [0.25, 0.3) is 10.0 Å². The van der Waals surface area contributed by atoms with E-state index in [0.717, 1.165) is 11.1 Å². The van der Waals surface area contributed by atoms with Gasteiger partial charge in [0.15, 0.2) is 0 Å². The molecule has 1 aromatic heterocycles. The van der Waals surface area contributed by atoms with Crippen molar-refractivity contribution >= 4 is 15.7 Å². The lowest BCUT2D eigenvalue weighted by Crippen LogP contribution is -2.14. The van der Waals surface area contributed by atoms with Crippen molar-refractivity contribution in [3.8, 4) is 34.2 Å². The van der Waals surface area contributed by atoms with Crippen molar-refractivity contribution < 1.29 is 22.3 Å². The van der Waals surface area contributed by atoms with Crippen LogP contribution in [0.3, 0.4) is 0 Å². The highest BCUT2D eigenvalue weighted by Crippen LogP contribution is 2.31. The van der Waals surface area contributed by atoms with Crippen molar-refractivity contribution in [2.75, 3.05) is 18.9 Å². The van der Waals surface area contributed by atoms with Gasteiger partial charge in [-0.05, 0) is 37.3 Å². The minimum absolute atomic E-state index is 0.0254. The van der Waals surface area contributed by atoms with Crippen molar-refractivity contribution in [2.45, 2.75) is 11.8 Å². The van der Waals surface area contributed by atoms with Gasteiger partial charge in [0.2, 0.25) is 5.89 Å². The van der Waals surface area contributed by atoms with Gasteiger partial charge in [0.1, 0.15) is 28.4 Å². The van der Waals surface area contributed by atoms with Gasteiger partial charge in [-0.15, -0.1) is 0 Å². The number of anilines is 1. The molecule has 4 rings (SSSR count). The third-order valence-electron chi connectivity index (χ3n) is 4.87. The van der Waals surface area contributed by atoms with Crippen molar-refractivity contribution in [1.29, 1.82) is 0 Å². The van der Waals surface area contributed by atoms with Crippen LogP contribution in [0.25, 0.3) is 22.7 Å². The number of rotatable bonds is 7. The Bertz CT molecular complexity index is 1350. The van der Waals surface area contributed by atoms with Gasteiger partial charge in [-0.2, -0.15) is 0 Å². The van der Waals surface area contributed by atoms with E-state index in [4.69, 9.17) is 13.9 Å². The number of oxazole rings is 1. The summed E-state index contributed by atoms with van der Waals surface area (Å²) < 4.78 is 44.7. The van der Waals surface area contributed by atoms with Crippen LogP contribution in [0, 0.1) is 6.92 Å². The first-order chi connectivity index (χ1) is 15.4. The third-order valence-corrected chi connectivity index (χ3v) is 6.28. The molecule has 0 aliphatic heterocycles. The first kappa shape index (κ1) is 21.5. The van der Waals surface area contributed by atoms with E-state index < -0.39 is 10.0 Å². The second kappa shape index (κ2) is 8.76. The predicted octanol–water partition coefficient (Wildman–Crippen LogP) is 5.14. The molecule has 0 atom stereocenters. The van der Waals surface area contributed by atoms with E-state index in [-0.39, 0.29) is 10.6 Å². The minimum Gasteiger partial charge on any atom is -0.497 e. The molecule has 1 N–H and O–H groups in total. The normalized spacial score (nSPS) is 11.2. The number of aryl methyl sites for hydroxylation is 1. The lowest BCUT2D eigenvalue weighted by molar-refractivity contribution is 0.392. The summed E-state index contributed by atoms with van der Waals surface area (Å²) in [5, 5.41) is 0. The summed E-state index contributed by atoms with van der Waals surface area (Å²) >= 11 is 0. The summed E-state index contributed by atoms with van der Waals surface area (Å²) in [5.41, 5.74) is 3.80. The van der Waals surface area contributed by atoms with Crippen LogP contribution in [-0.2, 0) is 10.0 Å². The van der Waals surface area contributed by atoms with Gasteiger partial charge >= 0.3 is 0 Å². The molecule has 8 heteroatoms. The van der Waals surface area contributed by atoms with Gasteiger partial charge in [-0.3, -0.25) is 4.72 Å². The van der Waals surface area contributed by atoms with Crippen LogP contribution >= 0.6 is 0 Å².